The third-order valence-electron chi connectivity index (χ3n) is 4.72. The number of nitrogens with zero attached hydrogens (tertiary/aromatic N) is 5. The predicted octanol–water partition coefficient (Wildman–Crippen LogP) is 3.27. The summed E-state index contributed by atoms with van der Waals surface area (Å²) in [6.45, 7) is 4.36. The summed E-state index contributed by atoms with van der Waals surface area (Å²) in [6, 6.07) is 2.07. The van der Waals surface area contributed by atoms with Crippen LogP contribution in [-0.2, 0) is 20.2 Å². The van der Waals surface area contributed by atoms with Crippen LogP contribution in [-0.4, -0.2) is 57.0 Å². The summed E-state index contributed by atoms with van der Waals surface area (Å²) in [5.41, 5.74) is 8.28. The summed E-state index contributed by atoms with van der Waals surface area (Å²) in [6.07, 6.45) is 6.08. The highest BCUT2D eigenvalue weighted by atomic mass is 32.2. The van der Waals surface area contributed by atoms with Crippen LogP contribution in [0.25, 0.3) is 11.2 Å². The molecule has 9 nitrogen and oxygen atoms in total. The lowest BCUT2D eigenvalue weighted by atomic mass is 10.1. The van der Waals surface area contributed by atoms with Crippen LogP contribution in [0, 0.1) is 11.3 Å². The number of aromatic nitrogens is 4. The van der Waals surface area contributed by atoms with E-state index in [0.717, 1.165) is 29.8 Å². The number of aryl methyl sites for hydroxylation is 1. The fraction of sp³-hybridized carbons (Fsp3) is 0.667. The first-order valence-electron chi connectivity index (χ1n) is 9.61. The molecule has 0 saturated carbocycles. The third-order valence-corrected chi connectivity index (χ3v) is 6.44. The lowest BCUT2D eigenvalue weighted by molar-refractivity contribution is -0.0145. The number of hydrogen-bond acceptors (Lipinski definition) is 9. The van der Waals surface area contributed by atoms with Crippen LogP contribution in [0.1, 0.15) is 38.1 Å². The van der Waals surface area contributed by atoms with E-state index in [-0.39, 0.29) is 24.4 Å². The van der Waals surface area contributed by atoms with Crippen LogP contribution in [0.2, 0.25) is 0 Å². The second-order valence-corrected chi connectivity index (χ2v) is 9.03. The number of ether oxygens (including phenoxy) is 1. The molecule has 2 aromatic heterocycles. The molecular weight excluding hydrogens is 411 g/mol. The largest absolute Gasteiger partial charge is 0.368 e. The van der Waals surface area contributed by atoms with Gasteiger partial charge in [0.05, 0.1) is 43.3 Å². The maximum absolute atomic E-state index is 8.64. The molecule has 3 rings (SSSR count). The van der Waals surface area contributed by atoms with Crippen LogP contribution < -0.4 is 5.73 Å². The van der Waals surface area contributed by atoms with Gasteiger partial charge in [-0.1, -0.05) is 6.92 Å². The van der Waals surface area contributed by atoms with Crippen molar-refractivity contribution in [1.29, 1.82) is 5.26 Å². The van der Waals surface area contributed by atoms with Gasteiger partial charge in [-0.25, -0.2) is 9.97 Å². The zero-order chi connectivity index (χ0) is 20.8. The van der Waals surface area contributed by atoms with E-state index in [1.165, 1.54) is 0 Å². The molecule has 4 unspecified atom stereocenters. The van der Waals surface area contributed by atoms with E-state index in [4.69, 9.17) is 24.8 Å². The number of anilines is 1. The molecule has 1 saturated heterocycles. The molecule has 1 aliphatic heterocycles. The van der Waals surface area contributed by atoms with Crippen molar-refractivity contribution < 1.29 is 13.8 Å². The minimum atomic E-state index is -1.07. The average Bonchev–Trinajstić information content (AvgIpc) is 3.29. The van der Waals surface area contributed by atoms with Gasteiger partial charge in [-0.3, -0.25) is 4.57 Å². The summed E-state index contributed by atoms with van der Waals surface area (Å²) >= 11 is 1.75. The first-order valence-corrected chi connectivity index (χ1v) is 12.6. The Balaban J connectivity index is 1.76. The number of thioether (sulfide) groups is 1. The van der Waals surface area contributed by atoms with Gasteiger partial charge >= 0.3 is 0 Å². The molecule has 11 heteroatoms. The fourth-order valence-electron chi connectivity index (χ4n) is 3.36. The Morgan fingerprint density at radius 1 is 1.48 bits per heavy atom. The van der Waals surface area contributed by atoms with E-state index in [0.29, 0.717) is 25.1 Å². The second-order valence-electron chi connectivity index (χ2n) is 6.69. The molecule has 4 atom stereocenters. The maximum atomic E-state index is 8.64. The molecule has 0 radical (unpaired) electrons. The van der Waals surface area contributed by atoms with Crippen LogP contribution in [0.15, 0.2) is 6.33 Å². The van der Waals surface area contributed by atoms with E-state index < -0.39 is 8.38 Å². The fourth-order valence-corrected chi connectivity index (χ4v) is 4.77. The summed E-state index contributed by atoms with van der Waals surface area (Å²) in [7, 11) is -1.07. The Morgan fingerprint density at radius 3 is 3.03 bits per heavy atom. The smallest absolute Gasteiger partial charge is 0.222 e. The Morgan fingerprint density at radius 2 is 2.31 bits per heavy atom. The van der Waals surface area contributed by atoms with Crippen molar-refractivity contribution in [3.05, 3.63) is 12.0 Å². The van der Waals surface area contributed by atoms with Crippen LogP contribution >= 0.6 is 20.1 Å². The molecule has 29 heavy (non-hydrogen) atoms. The molecular formula is C18H27N6O3PS. The van der Waals surface area contributed by atoms with Gasteiger partial charge in [-0.2, -0.15) is 22.0 Å². The summed E-state index contributed by atoms with van der Waals surface area (Å²) in [5.74, 6) is 1.19. The molecule has 0 amide bonds. The molecule has 3 heterocycles. The van der Waals surface area contributed by atoms with Crippen molar-refractivity contribution in [2.75, 3.05) is 31.0 Å². The van der Waals surface area contributed by atoms with E-state index >= 15 is 0 Å². The van der Waals surface area contributed by atoms with Gasteiger partial charge in [0.2, 0.25) is 5.95 Å². The van der Waals surface area contributed by atoms with Gasteiger partial charge in [0.25, 0.3) is 0 Å². The molecule has 2 aromatic rings. The number of imidazole rings is 1. The van der Waals surface area contributed by atoms with E-state index in [2.05, 4.69) is 34.2 Å². The Hall–Kier alpha value is -1.50. The monoisotopic (exact) mass is 438 g/mol. The van der Waals surface area contributed by atoms with Gasteiger partial charge in [0.15, 0.2) is 14.0 Å². The second kappa shape index (κ2) is 10.5. The van der Waals surface area contributed by atoms with Gasteiger partial charge in [0, 0.05) is 19.5 Å². The molecule has 158 valence electrons. The minimum Gasteiger partial charge on any atom is -0.368 e. The summed E-state index contributed by atoms with van der Waals surface area (Å²) in [5, 5.41) is 8.64. The van der Waals surface area contributed by atoms with Crippen molar-refractivity contribution in [1.82, 2.24) is 19.5 Å². The van der Waals surface area contributed by atoms with Crippen molar-refractivity contribution in [3.63, 3.8) is 0 Å². The number of nitriles is 1. The molecule has 1 aliphatic rings. The minimum absolute atomic E-state index is 0.0443. The Kier molecular flexibility index (Phi) is 8.04. The molecule has 1 fully saturated rings. The molecule has 0 aliphatic carbocycles. The molecule has 0 spiro atoms. The predicted molar refractivity (Wildman–Crippen MR) is 115 cm³/mol. The summed E-state index contributed by atoms with van der Waals surface area (Å²) < 4.78 is 19.9. The average molecular weight is 438 g/mol. The highest BCUT2D eigenvalue weighted by molar-refractivity contribution is 7.98. The first-order chi connectivity index (χ1) is 14.1. The number of nitrogen functional groups attached to an aromatic ring is 1. The van der Waals surface area contributed by atoms with E-state index in [1.54, 1.807) is 18.1 Å². The SMILES string of the molecule is CCC1OC(n2cnc3c(CCSC)nc(N)nc32)CC1OP(C)OCCC#N. The highest BCUT2D eigenvalue weighted by Crippen LogP contribution is 2.43. The molecule has 0 aromatic carbocycles. The van der Waals surface area contributed by atoms with Crippen LogP contribution in [0.5, 0.6) is 0 Å². The first kappa shape index (κ1) is 22.2. The van der Waals surface area contributed by atoms with Gasteiger partial charge in [0.1, 0.15) is 11.7 Å². The number of nitrogens with two attached hydrogens (primary N) is 1. The Labute approximate surface area is 176 Å². The van der Waals surface area contributed by atoms with Gasteiger partial charge < -0.3 is 19.5 Å². The highest BCUT2D eigenvalue weighted by Gasteiger charge is 2.38. The zero-order valence-corrected chi connectivity index (χ0v) is 18.7. The van der Waals surface area contributed by atoms with Gasteiger partial charge in [-0.05, 0) is 18.4 Å². The normalized spacial score (nSPS) is 22.8. The molecule has 0 bridgehead atoms. The van der Waals surface area contributed by atoms with Crippen molar-refractivity contribution >= 4 is 37.2 Å². The third kappa shape index (κ3) is 5.36. The Bertz CT molecular complexity index is 860. The van der Waals surface area contributed by atoms with Crippen LogP contribution in [0.4, 0.5) is 5.95 Å². The van der Waals surface area contributed by atoms with E-state index in [9.17, 15) is 0 Å². The van der Waals surface area contributed by atoms with Crippen molar-refractivity contribution in [2.45, 2.75) is 51.0 Å². The lowest BCUT2D eigenvalue weighted by Gasteiger charge is -2.20. The number of fused-ring (bicyclic) bond motifs is 1. The number of hydrogen-bond donors (Lipinski definition) is 1. The summed E-state index contributed by atoms with van der Waals surface area (Å²) in [4.78, 5) is 13.3. The quantitative estimate of drug-likeness (QED) is 0.440. The molecule has 2 N–H and O–H groups in total. The van der Waals surface area contributed by atoms with Crippen LogP contribution in [0.3, 0.4) is 0 Å². The van der Waals surface area contributed by atoms with Crippen molar-refractivity contribution in [3.8, 4) is 6.07 Å². The zero-order valence-electron chi connectivity index (χ0n) is 16.9. The van der Waals surface area contributed by atoms with Gasteiger partial charge in [-0.15, -0.1) is 0 Å². The standard InChI is InChI=1S/C18H27N6O3PS/c1-4-13-14(27-28(2)25-8-5-7-19)10-15(26-13)24-11-21-16-12(6-9-29-3)22-18(20)23-17(16)24/h11,13-15H,4-6,8-10H2,1-3H3,(H2,20,22,23). The number of rotatable bonds is 10. The van der Waals surface area contributed by atoms with Crippen molar-refractivity contribution in [2.24, 2.45) is 0 Å². The lowest BCUT2D eigenvalue weighted by Crippen LogP contribution is -2.22. The topological polar surface area (TPSA) is 121 Å². The van der Waals surface area contributed by atoms with E-state index in [1.807, 2.05) is 11.2 Å². The maximum Gasteiger partial charge on any atom is 0.222 e.